The molecule has 0 radical (unpaired) electrons. The summed E-state index contributed by atoms with van der Waals surface area (Å²) in [4.78, 5) is 0. The summed E-state index contributed by atoms with van der Waals surface area (Å²) in [6, 6.07) is 2.50. The topological polar surface area (TPSA) is 39.1 Å². The van der Waals surface area contributed by atoms with Crippen LogP contribution in [0.5, 0.6) is 0 Å². The number of aryl methyl sites for hydroxylation is 2. The number of hydrogen-bond acceptors (Lipinski definition) is 3. The van der Waals surface area contributed by atoms with Crippen molar-refractivity contribution in [2.75, 3.05) is 13.2 Å². The summed E-state index contributed by atoms with van der Waals surface area (Å²) in [6.45, 7) is 10.6. The standard InChI is InChI=1S/C17H33N3O/c1-6-13-18-16(17(7-2,8-3)21-9-4)11-10-15-12-14-19-20(15)5/h12,14,16,18H,6-11,13H2,1-5H3. The molecule has 4 heteroatoms. The van der Waals surface area contributed by atoms with E-state index in [4.69, 9.17) is 4.74 Å². The third-order valence-corrected chi connectivity index (χ3v) is 4.52. The van der Waals surface area contributed by atoms with Gasteiger partial charge in [-0.15, -0.1) is 0 Å². The molecule has 0 aliphatic rings. The largest absolute Gasteiger partial charge is 0.374 e. The van der Waals surface area contributed by atoms with Crippen LogP contribution in [0.2, 0.25) is 0 Å². The SMILES string of the molecule is CCCNC(CCc1ccnn1C)C(CC)(CC)OCC. The minimum atomic E-state index is -0.0531. The molecule has 0 fully saturated rings. The van der Waals surface area contributed by atoms with Crippen LogP contribution >= 0.6 is 0 Å². The van der Waals surface area contributed by atoms with E-state index in [0.717, 1.165) is 45.3 Å². The number of aromatic nitrogens is 2. The first-order valence-corrected chi connectivity index (χ1v) is 8.47. The summed E-state index contributed by atoms with van der Waals surface area (Å²) in [5.41, 5.74) is 1.23. The Labute approximate surface area is 130 Å². The minimum absolute atomic E-state index is 0.0531. The molecule has 0 spiro atoms. The summed E-state index contributed by atoms with van der Waals surface area (Å²) in [5.74, 6) is 0. The Morgan fingerprint density at radius 3 is 2.48 bits per heavy atom. The Kier molecular flexibility index (Phi) is 7.97. The van der Waals surface area contributed by atoms with Crippen molar-refractivity contribution in [3.8, 4) is 0 Å². The van der Waals surface area contributed by atoms with E-state index in [2.05, 4.69) is 44.2 Å². The third-order valence-electron chi connectivity index (χ3n) is 4.52. The lowest BCUT2D eigenvalue weighted by atomic mass is 9.85. The Balaban J connectivity index is 2.79. The summed E-state index contributed by atoms with van der Waals surface area (Å²) in [5, 5.41) is 7.98. The van der Waals surface area contributed by atoms with Gasteiger partial charge in [0.25, 0.3) is 0 Å². The molecular formula is C17H33N3O. The second kappa shape index (κ2) is 9.21. The van der Waals surface area contributed by atoms with E-state index in [0.29, 0.717) is 6.04 Å². The van der Waals surface area contributed by atoms with E-state index < -0.39 is 0 Å². The van der Waals surface area contributed by atoms with Crippen LogP contribution in [-0.2, 0) is 18.2 Å². The smallest absolute Gasteiger partial charge is 0.0829 e. The molecular weight excluding hydrogens is 262 g/mol. The first-order valence-electron chi connectivity index (χ1n) is 8.47. The van der Waals surface area contributed by atoms with Gasteiger partial charge in [-0.2, -0.15) is 5.10 Å². The molecule has 1 heterocycles. The van der Waals surface area contributed by atoms with Crippen LogP contribution < -0.4 is 5.32 Å². The first kappa shape index (κ1) is 18.2. The fraction of sp³-hybridized carbons (Fsp3) is 0.824. The highest BCUT2D eigenvalue weighted by Crippen LogP contribution is 2.28. The van der Waals surface area contributed by atoms with Crippen molar-refractivity contribution < 1.29 is 4.74 Å². The predicted molar refractivity (Wildman–Crippen MR) is 88.5 cm³/mol. The van der Waals surface area contributed by atoms with Crippen LogP contribution in [0, 0.1) is 0 Å². The van der Waals surface area contributed by atoms with Gasteiger partial charge in [-0.25, -0.2) is 0 Å². The molecule has 0 aliphatic heterocycles. The van der Waals surface area contributed by atoms with Gasteiger partial charge < -0.3 is 10.1 Å². The highest BCUT2D eigenvalue weighted by atomic mass is 16.5. The van der Waals surface area contributed by atoms with Crippen molar-refractivity contribution in [1.82, 2.24) is 15.1 Å². The van der Waals surface area contributed by atoms with E-state index in [1.54, 1.807) is 0 Å². The number of ether oxygens (including phenoxy) is 1. The molecule has 1 N–H and O–H groups in total. The lowest BCUT2D eigenvalue weighted by Crippen LogP contribution is -2.52. The Morgan fingerprint density at radius 2 is 2.00 bits per heavy atom. The summed E-state index contributed by atoms with van der Waals surface area (Å²) in [6.07, 6.45) is 7.24. The van der Waals surface area contributed by atoms with Gasteiger partial charge in [-0.1, -0.05) is 20.8 Å². The molecule has 0 saturated heterocycles. The molecule has 1 atom stereocenters. The van der Waals surface area contributed by atoms with Crippen molar-refractivity contribution in [1.29, 1.82) is 0 Å². The van der Waals surface area contributed by atoms with Crippen LogP contribution in [0.4, 0.5) is 0 Å². The molecule has 4 nitrogen and oxygen atoms in total. The predicted octanol–water partition coefficient (Wildman–Crippen LogP) is 3.32. The molecule has 0 bridgehead atoms. The van der Waals surface area contributed by atoms with Crippen LogP contribution in [0.25, 0.3) is 0 Å². The number of nitrogens with one attached hydrogen (secondary N) is 1. The minimum Gasteiger partial charge on any atom is -0.374 e. The van der Waals surface area contributed by atoms with Crippen molar-refractivity contribution in [3.63, 3.8) is 0 Å². The Bertz CT molecular complexity index is 385. The Hall–Kier alpha value is -0.870. The van der Waals surface area contributed by atoms with Crippen LogP contribution in [0.15, 0.2) is 12.3 Å². The highest BCUT2D eigenvalue weighted by Gasteiger charge is 2.35. The summed E-state index contributed by atoms with van der Waals surface area (Å²) >= 11 is 0. The fourth-order valence-electron chi connectivity index (χ4n) is 3.14. The lowest BCUT2D eigenvalue weighted by Gasteiger charge is -2.40. The monoisotopic (exact) mass is 295 g/mol. The number of hydrogen-bond donors (Lipinski definition) is 1. The number of rotatable bonds is 11. The summed E-state index contributed by atoms with van der Waals surface area (Å²) in [7, 11) is 2.01. The third kappa shape index (κ3) is 4.82. The molecule has 21 heavy (non-hydrogen) atoms. The van der Waals surface area contributed by atoms with Gasteiger partial charge in [0.1, 0.15) is 0 Å². The first-order chi connectivity index (χ1) is 10.1. The zero-order valence-corrected chi connectivity index (χ0v) is 14.5. The van der Waals surface area contributed by atoms with Crippen molar-refractivity contribution >= 4 is 0 Å². The van der Waals surface area contributed by atoms with E-state index in [-0.39, 0.29) is 5.60 Å². The molecule has 0 amide bonds. The molecule has 0 saturated carbocycles. The van der Waals surface area contributed by atoms with E-state index in [1.165, 1.54) is 5.69 Å². The van der Waals surface area contributed by atoms with Gasteiger partial charge in [-0.05, 0) is 51.6 Å². The van der Waals surface area contributed by atoms with Gasteiger partial charge in [0.15, 0.2) is 0 Å². The Morgan fingerprint density at radius 1 is 1.29 bits per heavy atom. The molecule has 0 aromatic carbocycles. The second-order valence-corrected chi connectivity index (χ2v) is 5.70. The zero-order chi connectivity index (χ0) is 15.7. The van der Waals surface area contributed by atoms with Gasteiger partial charge >= 0.3 is 0 Å². The average molecular weight is 295 g/mol. The normalized spacial score (nSPS) is 13.6. The van der Waals surface area contributed by atoms with E-state index in [9.17, 15) is 0 Å². The van der Waals surface area contributed by atoms with Gasteiger partial charge in [0.05, 0.1) is 5.60 Å². The molecule has 0 aliphatic carbocycles. The van der Waals surface area contributed by atoms with Crippen LogP contribution in [0.3, 0.4) is 0 Å². The van der Waals surface area contributed by atoms with Crippen molar-refractivity contribution in [2.24, 2.45) is 7.05 Å². The maximum absolute atomic E-state index is 6.20. The maximum atomic E-state index is 6.20. The molecule has 1 aromatic rings. The van der Waals surface area contributed by atoms with Crippen molar-refractivity contribution in [3.05, 3.63) is 18.0 Å². The molecule has 1 aromatic heterocycles. The average Bonchev–Trinajstić information content (AvgIpc) is 2.91. The summed E-state index contributed by atoms with van der Waals surface area (Å²) < 4.78 is 8.17. The van der Waals surface area contributed by atoms with Gasteiger partial charge in [0, 0.05) is 31.6 Å². The van der Waals surface area contributed by atoms with Crippen LogP contribution in [0.1, 0.15) is 59.1 Å². The van der Waals surface area contributed by atoms with Gasteiger partial charge in [0.2, 0.25) is 0 Å². The lowest BCUT2D eigenvalue weighted by molar-refractivity contribution is -0.0736. The van der Waals surface area contributed by atoms with Crippen molar-refractivity contribution in [2.45, 2.75) is 71.4 Å². The highest BCUT2D eigenvalue weighted by molar-refractivity contribution is 5.02. The fourth-order valence-corrected chi connectivity index (χ4v) is 3.14. The zero-order valence-electron chi connectivity index (χ0n) is 14.5. The molecule has 1 unspecified atom stereocenters. The second-order valence-electron chi connectivity index (χ2n) is 5.70. The molecule has 1 rings (SSSR count). The van der Waals surface area contributed by atoms with E-state index >= 15 is 0 Å². The van der Waals surface area contributed by atoms with Crippen LogP contribution in [-0.4, -0.2) is 34.6 Å². The van der Waals surface area contributed by atoms with E-state index in [1.807, 2.05) is 17.9 Å². The quantitative estimate of drug-likeness (QED) is 0.680. The molecule has 122 valence electrons. The maximum Gasteiger partial charge on any atom is 0.0829 e. The number of nitrogens with zero attached hydrogens (tertiary/aromatic N) is 2. The van der Waals surface area contributed by atoms with Gasteiger partial charge in [-0.3, -0.25) is 4.68 Å².